The summed E-state index contributed by atoms with van der Waals surface area (Å²) >= 11 is 0. The Balaban J connectivity index is 0.00000256. The molecular weight excluding hydrogens is 304 g/mol. The fourth-order valence-corrected chi connectivity index (χ4v) is 2.08. The molecular formula is C6H4CaO8S2. The Bertz CT molecular complexity index is 575. The molecule has 0 atom stereocenters. The normalized spacial score (nSPS) is 11.9. The van der Waals surface area contributed by atoms with Gasteiger partial charge in [0, 0.05) is 0 Å². The molecule has 8 nitrogen and oxygen atoms in total. The number of aromatic hydroxyl groups is 2. The SMILES string of the molecule is O=S(=O)([O-])c1ccc(S(=O)(=O)[O-])c(O)c1O.[Ca+2]. The summed E-state index contributed by atoms with van der Waals surface area (Å²) in [6.45, 7) is 0. The Morgan fingerprint density at radius 1 is 0.824 bits per heavy atom. The molecule has 0 unspecified atom stereocenters. The van der Waals surface area contributed by atoms with E-state index in [0.29, 0.717) is 12.1 Å². The average Bonchev–Trinajstić information content (AvgIpc) is 2.05. The van der Waals surface area contributed by atoms with Gasteiger partial charge in [-0.2, -0.15) is 0 Å². The first-order valence-corrected chi connectivity index (χ1v) is 6.33. The molecule has 0 bridgehead atoms. The van der Waals surface area contributed by atoms with Gasteiger partial charge in [0.15, 0.2) is 11.5 Å². The van der Waals surface area contributed by atoms with Crippen molar-refractivity contribution in [3.8, 4) is 11.5 Å². The maximum Gasteiger partial charge on any atom is 2.00 e. The second-order valence-electron chi connectivity index (χ2n) is 2.67. The van der Waals surface area contributed by atoms with Crippen molar-refractivity contribution in [2.75, 3.05) is 0 Å². The van der Waals surface area contributed by atoms with Crippen LogP contribution in [0.2, 0.25) is 0 Å². The molecule has 0 saturated carbocycles. The van der Waals surface area contributed by atoms with Crippen LogP contribution in [0.3, 0.4) is 0 Å². The monoisotopic (exact) mass is 308 g/mol. The van der Waals surface area contributed by atoms with E-state index < -0.39 is 41.5 Å². The van der Waals surface area contributed by atoms with Crippen LogP contribution in [0.25, 0.3) is 0 Å². The average molecular weight is 308 g/mol. The summed E-state index contributed by atoms with van der Waals surface area (Å²) in [6, 6.07) is 0.838. The summed E-state index contributed by atoms with van der Waals surface area (Å²) in [4.78, 5) is -2.42. The molecule has 0 fully saturated rings. The van der Waals surface area contributed by atoms with E-state index in [2.05, 4.69) is 0 Å². The van der Waals surface area contributed by atoms with Gasteiger partial charge in [-0.15, -0.1) is 0 Å². The number of benzene rings is 1. The minimum absolute atomic E-state index is 0. The second kappa shape index (κ2) is 5.26. The van der Waals surface area contributed by atoms with E-state index in [-0.39, 0.29) is 37.7 Å². The smallest absolute Gasteiger partial charge is 0.744 e. The van der Waals surface area contributed by atoms with Crippen molar-refractivity contribution < 1.29 is 36.2 Å². The summed E-state index contributed by atoms with van der Waals surface area (Å²) in [6.07, 6.45) is 0. The van der Waals surface area contributed by atoms with E-state index in [0.717, 1.165) is 0 Å². The first kappa shape index (κ1) is 16.9. The van der Waals surface area contributed by atoms with Gasteiger partial charge in [-0.05, 0) is 12.1 Å². The van der Waals surface area contributed by atoms with Crippen LogP contribution in [-0.2, 0) is 20.2 Å². The Labute approximate surface area is 126 Å². The molecule has 2 N–H and O–H groups in total. The number of phenolic OH excluding ortho intramolecular Hbond substituents is 2. The Kier molecular flexibility index (Phi) is 5.23. The van der Waals surface area contributed by atoms with Gasteiger partial charge in [-0.25, -0.2) is 16.8 Å². The van der Waals surface area contributed by atoms with Crippen LogP contribution in [-0.4, -0.2) is 73.9 Å². The van der Waals surface area contributed by atoms with Gasteiger partial charge in [0.2, 0.25) is 0 Å². The minimum Gasteiger partial charge on any atom is -0.744 e. The second-order valence-corrected chi connectivity index (χ2v) is 5.36. The molecule has 0 heterocycles. The minimum atomic E-state index is -5.08. The molecule has 0 aliphatic carbocycles. The number of hydrogen-bond donors (Lipinski definition) is 2. The van der Waals surface area contributed by atoms with Gasteiger partial charge in [0.1, 0.15) is 30.0 Å². The van der Waals surface area contributed by atoms with Crippen LogP contribution < -0.4 is 0 Å². The maximum atomic E-state index is 10.5. The zero-order chi connectivity index (χ0) is 12.7. The van der Waals surface area contributed by atoms with Crippen molar-refractivity contribution in [3.63, 3.8) is 0 Å². The van der Waals surface area contributed by atoms with E-state index in [9.17, 15) is 25.9 Å². The molecule has 11 heteroatoms. The largest absolute Gasteiger partial charge is 2.00 e. The molecule has 0 saturated heterocycles. The molecule has 0 aliphatic rings. The summed E-state index contributed by atoms with van der Waals surface area (Å²) in [7, 11) is -10.2. The summed E-state index contributed by atoms with van der Waals surface area (Å²) in [5.41, 5.74) is 0. The molecule has 1 aromatic rings. The van der Waals surface area contributed by atoms with Crippen molar-refractivity contribution in [2.24, 2.45) is 0 Å². The fourth-order valence-electron chi connectivity index (χ4n) is 0.946. The van der Waals surface area contributed by atoms with Crippen molar-refractivity contribution in [1.82, 2.24) is 0 Å². The Morgan fingerprint density at radius 3 is 1.24 bits per heavy atom. The molecule has 1 aromatic carbocycles. The molecule has 0 radical (unpaired) electrons. The zero-order valence-electron chi connectivity index (χ0n) is 8.02. The molecule has 90 valence electrons. The van der Waals surface area contributed by atoms with E-state index in [1.54, 1.807) is 0 Å². The third-order valence-electron chi connectivity index (χ3n) is 1.62. The van der Waals surface area contributed by atoms with Gasteiger partial charge in [0.05, 0.1) is 0 Å². The predicted molar refractivity (Wildman–Crippen MR) is 51.5 cm³/mol. The predicted octanol–water partition coefficient (Wildman–Crippen LogP) is -1.47. The van der Waals surface area contributed by atoms with Crippen molar-refractivity contribution in [2.45, 2.75) is 9.79 Å². The van der Waals surface area contributed by atoms with Crippen LogP contribution >= 0.6 is 0 Å². The quantitative estimate of drug-likeness (QED) is 0.381. The fraction of sp³-hybridized carbons (Fsp3) is 0. The van der Waals surface area contributed by atoms with Gasteiger partial charge in [-0.1, -0.05) is 0 Å². The standard InChI is InChI=1S/C6H6O8S2.Ca/c7-5-3(15(9,10)11)1-2-4(6(5)8)16(12,13)14;/h1-2,7-8H,(H,9,10,11)(H,12,13,14);/q;+2/p-2. The van der Waals surface area contributed by atoms with Crippen LogP contribution in [0.5, 0.6) is 11.5 Å². The van der Waals surface area contributed by atoms with Gasteiger partial charge < -0.3 is 19.3 Å². The van der Waals surface area contributed by atoms with E-state index in [4.69, 9.17) is 10.2 Å². The third-order valence-corrected chi connectivity index (χ3v) is 3.35. The first-order chi connectivity index (χ1) is 7.05. The van der Waals surface area contributed by atoms with E-state index in [1.807, 2.05) is 0 Å². The summed E-state index contributed by atoms with van der Waals surface area (Å²) < 4.78 is 63.1. The van der Waals surface area contributed by atoms with E-state index in [1.165, 1.54) is 0 Å². The van der Waals surface area contributed by atoms with Gasteiger partial charge in [-0.3, -0.25) is 0 Å². The van der Waals surface area contributed by atoms with Gasteiger partial charge >= 0.3 is 37.7 Å². The molecule has 0 spiro atoms. The van der Waals surface area contributed by atoms with Crippen LogP contribution in [0.1, 0.15) is 0 Å². The van der Waals surface area contributed by atoms with Crippen molar-refractivity contribution >= 4 is 58.0 Å². The van der Waals surface area contributed by atoms with Crippen molar-refractivity contribution in [1.29, 1.82) is 0 Å². The molecule has 0 aromatic heterocycles. The molecule has 0 amide bonds. The van der Waals surface area contributed by atoms with Crippen LogP contribution in [0.15, 0.2) is 21.9 Å². The number of phenols is 2. The third kappa shape index (κ3) is 3.68. The maximum absolute atomic E-state index is 10.5. The van der Waals surface area contributed by atoms with Crippen molar-refractivity contribution in [3.05, 3.63) is 12.1 Å². The Morgan fingerprint density at radius 2 is 1.06 bits per heavy atom. The van der Waals surface area contributed by atoms with Crippen LogP contribution in [0.4, 0.5) is 0 Å². The first-order valence-electron chi connectivity index (χ1n) is 3.52. The number of hydrogen-bond acceptors (Lipinski definition) is 8. The Hall–Kier alpha value is -0.100. The summed E-state index contributed by atoms with van der Waals surface area (Å²) in [5.74, 6) is -2.93. The zero-order valence-corrected chi connectivity index (χ0v) is 11.9. The molecule has 1 rings (SSSR count). The van der Waals surface area contributed by atoms with E-state index >= 15 is 0 Å². The summed E-state index contributed by atoms with van der Waals surface area (Å²) in [5, 5.41) is 18.1. The topological polar surface area (TPSA) is 155 Å². The number of rotatable bonds is 2. The van der Waals surface area contributed by atoms with Crippen LogP contribution in [0, 0.1) is 0 Å². The van der Waals surface area contributed by atoms with Gasteiger partial charge in [0.25, 0.3) is 0 Å². The molecule has 17 heavy (non-hydrogen) atoms. The molecule has 0 aliphatic heterocycles.